The van der Waals surface area contributed by atoms with Crippen LogP contribution in [0.1, 0.15) is 82.4 Å². The number of carbonyl (C=O) groups excluding carboxylic acids is 4. The summed E-state index contributed by atoms with van der Waals surface area (Å²) in [5.41, 5.74) is 2.16. The molecule has 12 heteroatoms. The number of morpholine rings is 1. The van der Waals surface area contributed by atoms with E-state index < -0.39 is 46.3 Å². The molecule has 2 fully saturated rings. The van der Waals surface area contributed by atoms with Crippen LogP contribution in [0.2, 0.25) is 0 Å². The third-order valence-electron chi connectivity index (χ3n) is 9.97. The van der Waals surface area contributed by atoms with Gasteiger partial charge in [0.1, 0.15) is 23.8 Å². The van der Waals surface area contributed by atoms with Gasteiger partial charge in [-0.25, -0.2) is 4.79 Å². The fourth-order valence-corrected chi connectivity index (χ4v) is 8.69. The average Bonchev–Trinajstić information content (AvgIpc) is 3.20. The lowest BCUT2D eigenvalue weighted by Crippen LogP contribution is -2.56. The second kappa shape index (κ2) is 21.2. The van der Waals surface area contributed by atoms with Crippen molar-refractivity contribution in [3.05, 3.63) is 108 Å². The monoisotopic (exact) mass is 786 g/mol. The Morgan fingerprint density at radius 2 is 1.32 bits per heavy atom. The SMILES string of the molecule is CC(C)(C)OC(=O)N[C@@H](CSC(c1ccccc1)(c1ccccc1)c1ccccc1)C(=O)N[C@@H](CCC(=O)OC1CCCCC1)C(=O)NCCN1CCOCC1. The molecule has 0 unspecified atom stereocenters. The molecule has 1 aliphatic heterocycles. The minimum absolute atomic E-state index is 0.0367. The van der Waals surface area contributed by atoms with Crippen molar-refractivity contribution in [2.75, 3.05) is 45.1 Å². The highest BCUT2D eigenvalue weighted by Crippen LogP contribution is 2.48. The van der Waals surface area contributed by atoms with Gasteiger partial charge < -0.3 is 30.2 Å². The first-order valence-electron chi connectivity index (χ1n) is 19.9. The molecule has 1 saturated heterocycles. The second-order valence-electron chi connectivity index (χ2n) is 15.4. The van der Waals surface area contributed by atoms with Crippen LogP contribution in [-0.2, 0) is 33.3 Å². The molecule has 0 radical (unpaired) electrons. The Kier molecular flexibility index (Phi) is 16.2. The Morgan fingerprint density at radius 3 is 1.86 bits per heavy atom. The number of nitrogens with one attached hydrogen (secondary N) is 3. The summed E-state index contributed by atoms with van der Waals surface area (Å²) in [6.45, 7) is 9.08. The molecule has 1 aliphatic carbocycles. The predicted molar refractivity (Wildman–Crippen MR) is 219 cm³/mol. The largest absolute Gasteiger partial charge is 0.462 e. The van der Waals surface area contributed by atoms with Gasteiger partial charge in [-0.2, -0.15) is 0 Å². The lowest BCUT2D eigenvalue weighted by molar-refractivity contribution is -0.151. The number of carbonyl (C=O) groups is 4. The van der Waals surface area contributed by atoms with Crippen LogP contribution in [-0.4, -0.2) is 97.7 Å². The maximum absolute atomic E-state index is 14.5. The topological polar surface area (TPSA) is 135 Å². The van der Waals surface area contributed by atoms with E-state index >= 15 is 0 Å². The molecule has 3 N–H and O–H groups in total. The predicted octanol–water partition coefficient (Wildman–Crippen LogP) is 6.19. The summed E-state index contributed by atoms with van der Waals surface area (Å²) in [6, 6.07) is 28.0. The van der Waals surface area contributed by atoms with Crippen LogP contribution in [0.25, 0.3) is 0 Å². The van der Waals surface area contributed by atoms with Gasteiger partial charge in [0.05, 0.1) is 18.0 Å². The van der Waals surface area contributed by atoms with Crippen molar-refractivity contribution < 1.29 is 33.4 Å². The first-order valence-corrected chi connectivity index (χ1v) is 20.9. The number of rotatable bonds is 17. The summed E-state index contributed by atoms with van der Waals surface area (Å²) in [4.78, 5) is 56.8. The average molecular weight is 787 g/mol. The first kappa shape index (κ1) is 42.7. The molecule has 1 heterocycles. The number of benzene rings is 3. The van der Waals surface area contributed by atoms with E-state index in [-0.39, 0.29) is 24.7 Å². The van der Waals surface area contributed by atoms with Gasteiger partial charge >= 0.3 is 12.1 Å². The summed E-state index contributed by atoms with van der Waals surface area (Å²) in [7, 11) is 0. The molecule has 11 nitrogen and oxygen atoms in total. The van der Waals surface area contributed by atoms with E-state index in [0.717, 1.165) is 61.9 Å². The molecule has 3 aromatic carbocycles. The van der Waals surface area contributed by atoms with Crippen LogP contribution in [0.15, 0.2) is 91.0 Å². The van der Waals surface area contributed by atoms with Crippen molar-refractivity contribution >= 4 is 35.6 Å². The van der Waals surface area contributed by atoms with E-state index in [4.69, 9.17) is 14.2 Å². The normalized spacial score (nSPS) is 16.6. The van der Waals surface area contributed by atoms with Crippen LogP contribution in [0.4, 0.5) is 4.79 Å². The fourth-order valence-electron chi connectivity index (χ4n) is 7.13. The van der Waals surface area contributed by atoms with Gasteiger partial charge in [-0.1, -0.05) is 97.4 Å². The standard InChI is InChI=1S/C44H58N4O7S/c1-43(2,3)55-42(52)47-38(32-56-44(33-16-8-4-9-17-33,34-18-10-5-11-19-34)35-20-12-6-13-21-35)41(51)46-37(24-25-39(49)54-36-22-14-7-15-23-36)40(50)45-26-27-48-28-30-53-31-29-48/h4-6,8-13,16-21,36-38H,7,14-15,22-32H2,1-3H3,(H,45,50)(H,46,51)(H,47,52)/t37-,38-/m0/s1. The van der Waals surface area contributed by atoms with Crippen molar-refractivity contribution in [1.29, 1.82) is 0 Å². The van der Waals surface area contributed by atoms with E-state index in [1.165, 1.54) is 11.8 Å². The molecule has 302 valence electrons. The van der Waals surface area contributed by atoms with E-state index in [1.807, 2.05) is 54.6 Å². The van der Waals surface area contributed by atoms with Crippen molar-refractivity contribution in [2.24, 2.45) is 0 Å². The first-order chi connectivity index (χ1) is 27.0. The summed E-state index contributed by atoms with van der Waals surface area (Å²) in [6.07, 6.45) is 3.95. The fraction of sp³-hybridized carbons (Fsp3) is 0.500. The Balaban J connectivity index is 1.40. The molecule has 2 aliphatic rings. The number of alkyl carbamates (subject to hydrolysis) is 1. The molecule has 3 aromatic rings. The van der Waals surface area contributed by atoms with Gasteiger partial charge in [-0.3, -0.25) is 19.3 Å². The molecule has 1 saturated carbocycles. The molecular weight excluding hydrogens is 729 g/mol. The van der Waals surface area contributed by atoms with Gasteiger partial charge in [-0.15, -0.1) is 11.8 Å². The van der Waals surface area contributed by atoms with Crippen molar-refractivity contribution in [3.8, 4) is 0 Å². The van der Waals surface area contributed by atoms with Crippen LogP contribution in [0.5, 0.6) is 0 Å². The summed E-state index contributed by atoms with van der Waals surface area (Å²) >= 11 is 1.51. The molecule has 56 heavy (non-hydrogen) atoms. The number of esters is 1. The number of thioether (sulfide) groups is 1. The maximum Gasteiger partial charge on any atom is 0.408 e. The van der Waals surface area contributed by atoms with Crippen molar-refractivity contribution in [3.63, 3.8) is 0 Å². The minimum atomic E-state index is -1.12. The van der Waals surface area contributed by atoms with E-state index in [0.29, 0.717) is 26.3 Å². The van der Waals surface area contributed by atoms with Crippen LogP contribution in [0.3, 0.4) is 0 Å². The Morgan fingerprint density at radius 1 is 0.768 bits per heavy atom. The summed E-state index contributed by atoms with van der Waals surface area (Å²) in [5, 5.41) is 8.69. The third kappa shape index (κ3) is 12.8. The highest BCUT2D eigenvalue weighted by atomic mass is 32.2. The van der Waals surface area contributed by atoms with Crippen molar-refractivity contribution in [1.82, 2.24) is 20.9 Å². The van der Waals surface area contributed by atoms with E-state index in [1.54, 1.807) is 20.8 Å². The van der Waals surface area contributed by atoms with E-state index in [9.17, 15) is 19.2 Å². The highest BCUT2D eigenvalue weighted by Gasteiger charge is 2.39. The van der Waals surface area contributed by atoms with E-state index in [2.05, 4.69) is 57.2 Å². The van der Waals surface area contributed by atoms with Gasteiger partial charge in [0.25, 0.3) is 0 Å². The molecule has 3 amide bonds. The lowest BCUT2D eigenvalue weighted by atomic mass is 9.84. The number of amides is 3. The number of hydrogen-bond donors (Lipinski definition) is 3. The number of ether oxygens (including phenoxy) is 3. The number of nitrogens with zero attached hydrogens (tertiary/aromatic N) is 1. The van der Waals surface area contributed by atoms with Gasteiger partial charge in [0.2, 0.25) is 11.8 Å². The summed E-state index contributed by atoms with van der Waals surface area (Å²) < 4.78 is 16.1. The zero-order valence-corrected chi connectivity index (χ0v) is 33.8. The zero-order chi connectivity index (χ0) is 39.8. The zero-order valence-electron chi connectivity index (χ0n) is 33.0. The quantitative estimate of drug-likeness (QED) is 0.108. The Bertz CT molecular complexity index is 1580. The van der Waals surface area contributed by atoms with Crippen LogP contribution in [0, 0.1) is 0 Å². The Hall–Kier alpha value is -4.39. The number of hydrogen-bond acceptors (Lipinski definition) is 9. The molecule has 0 bridgehead atoms. The van der Waals surface area contributed by atoms with Gasteiger partial charge in [0, 0.05) is 38.4 Å². The highest BCUT2D eigenvalue weighted by molar-refractivity contribution is 8.00. The van der Waals surface area contributed by atoms with Crippen molar-refractivity contribution in [2.45, 2.75) is 94.3 Å². The third-order valence-corrected chi connectivity index (χ3v) is 11.6. The van der Waals surface area contributed by atoms with Gasteiger partial charge in [-0.05, 0) is 69.6 Å². The summed E-state index contributed by atoms with van der Waals surface area (Å²) in [5.74, 6) is -1.26. The molecule has 0 spiro atoms. The molecule has 0 aromatic heterocycles. The van der Waals surface area contributed by atoms with Crippen LogP contribution < -0.4 is 16.0 Å². The minimum Gasteiger partial charge on any atom is -0.462 e. The van der Waals surface area contributed by atoms with Gasteiger partial charge in [0.15, 0.2) is 0 Å². The molecule has 2 atom stereocenters. The maximum atomic E-state index is 14.5. The lowest BCUT2D eigenvalue weighted by Gasteiger charge is -2.36. The van der Waals surface area contributed by atoms with Crippen LogP contribution >= 0.6 is 11.8 Å². The Labute approximate surface area is 336 Å². The molecular formula is C44H58N4O7S. The second-order valence-corrected chi connectivity index (χ2v) is 16.6. The molecule has 5 rings (SSSR count). The smallest absolute Gasteiger partial charge is 0.408 e.